The Morgan fingerprint density at radius 2 is 2.00 bits per heavy atom. The molecule has 1 aromatic rings. The van der Waals surface area contributed by atoms with E-state index in [9.17, 15) is 4.39 Å². The van der Waals surface area contributed by atoms with Crippen LogP contribution in [0.2, 0.25) is 5.02 Å². The Kier molecular flexibility index (Phi) is 3.68. The molecule has 1 aliphatic heterocycles. The minimum Gasteiger partial charge on any atom is -0.367 e. The third-order valence-electron chi connectivity index (χ3n) is 4.41. The maximum Gasteiger partial charge on any atom is 0.147 e. The number of nitrogens with zero attached hydrogens (tertiary/aromatic N) is 1. The zero-order valence-corrected chi connectivity index (χ0v) is 11.8. The third-order valence-corrected chi connectivity index (χ3v) is 4.64. The number of nitrogens with one attached hydrogen (secondary N) is 1. The summed E-state index contributed by atoms with van der Waals surface area (Å²) < 4.78 is 14.1. The minimum absolute atomic E-state index is 0.197. The van der Waals surface area contributed by atoms with E-state index in [0.29, 0.717) is 10.7 Å². The molecule has 19 heavy (non-hydrogen) atoms. The van der Waals surface area contributed by atoms with Crippen LogP contribution in [0.1, 0.15) is 32.1 Å². The van der Waals surface area contributed by atoms with Gasteiger partial charge in [-0.1, -0.05) is 24.4 Å². The Labute approximate surface area is 118 Å². The standard InChI is InChI=1S/C15H20ClFN2/c16-12-4-5-14(13(17)10-12)19-9-3-8-18-15(11-19)6-1-2-7-15/h4-5,10,18H,1-3,6-9,11H2. The average Bonchev–Trinajstić information content (AvgIpc) is 2.71. The van der Waals surface area contributed by atoms with Crippen LogP contribution in [0.15, 0.2) is 18.2 Å². The summed E-state index contributed by atoms with van der Waals surface area (Å²) in [6.07, 6.45) is 6.04. The van der Waals surface area contributed by atoms with Crippen molar-refractivity contribution in [2.45, 2.75) is 37.6 Å². The van der Waals surface area contributed by atoms with Gasteiger partial charge in [0.25, 0.3) is 0 Å². The second-order valence-corrected chi connectivity index (χ2v) is 6.22. The molecule has 2 nitrogen and oxygen atoms in total. The summed E-state index contributed by atoms with van der Waals surface area (Å²) in [6.45, 7) is 2.85. The molecule has 1 saturated carbocycles. The highest BCUT2D eigenvalue weighted by atomic mass is 35.5. The van der Waals surface area contributed by atoms with Gasteiger partial charge in [0.05, 0.1) is 5.69 Å². The molecule has 0 atom stereocenters. The van der Waals surface area contributed by atoms with Gasteiger partial charge < -0.3 is 10.2 Å². The predicted molar refractivity (Wildman–Crippen MR) is 77.4 cm³/mol. The van der Waals surface area contributed by atoms with E-state index in [0.717, 1.165) is 26.1 Å². The van der Waals surface area contributed by atoms with E-state index >= 15 is 0 Å². The number of halogens is 2. The highest BCUT2D eigenvalue weighted by molar-refractivity contribution is 6.30. The summed E-state index contributed by atoms with van der Waals surface area (Å²) in [5, 5.41) is 4.16. The van der Waals surface area contributed by atoms with E-state index < -0.39 is 0 Å². The van der Waals surface area contributed by atoms with Crippen LogP contribution in [0.5, 0.6) is 0 Å². The predicted octanol–water partition coefficient (Wildman–Crippen LogP) is 3.59. The van der Waals surface area contributed by atoms with Crippen molar-refractivity contribution in [3.8, 4) is 0 Å². The number of hydrogen-bond donors (Lipinski definition) is 1. The van der Waals surface area contributed by atoms with Crippen molar-refractivity contribution >= 4 is 17.3 Å². The lowest BCUT2D eigenvalue weighted by atomic mass is 9.97. The molecule has 0 bridgehead atoms. The summed E-state index contributed by atoms with van der Waals surface area (Å²) in [5.74, 6) is -0.206. The molecule has 0 aromatic heterocycles. The van der Waals surface area contributed by atoms with Gasteiger partial charge in [0.15, 0.2) is 0 Å². The fraction of sp³-hybridized carbons (Fsp3) is 0.600. The van der Waals surface area contributed by atoms with Crippen LogP contribution in [-0.2, 0) is 0 Å². The van der Waals surface area contributed by atoms with Crippen LogP contribution in [0.25, 0.3) is 0 Å². The van der Waals surface area contributed by atoms with Gasteiger partial charge in [-0.05, 0) is 44.0 Å². The first-order chi connectivity index (χ1) is 9.19. The van der Waals surface area contributed by atoms with Crippen LogP contribution < -0.4 is 10.2 Å². The van der Waals surface area contributed by atoms with Gasteiger partial charge in [-0.2, -0.15) is 0 Å². The minimum atomic E-state index is -0.206. The van der Waals surface area contributed by atoms with Gasteiger partial charge in [0.2, 0.25) is 0 Å². The number of rotatable bonds is 1. The van der Waals surface area contributed by atoms with E-state index in [1.165, 1.54) is 31.7 Å². The van der Waals surface area contributed by atoms with Gasteiger partial charge in [-0.15, -0.1) is 0 Å². The van der Waals surface area contributed by atoms with Crippen molar-refractivity contribution in [1.29, 1.82) is 0 Å². The summed E-state index contributed by atoms with van der Waals surface area (Å²) in [7, 11) is 0. The normalized spacial score (nSPS) is 22.7. The van der Waals surface area contributed by atoms with E-state index in [1.54, 1.807) is 6.07 Å². The van der Waals surface area contributed by atoms with Crippen molar-refractivity contribution in [2.75, 3.05) is 24.5 Å². The zero-order valence-electron chi connectivity index (χ0n) is 11.1. The molecule has 1 aromatic carbocycles. The molecule has 0 radical (unpaired) electrons. The lowest BCUT2D eigenvalue weighted by Gasteiger charge is -2.34. The molecule has 1 aliphatic carbocycles. The Bertz CT molecular complexity index is 457. The molecule has 2 aliphatic rings. The van der Waals surface area contributed by atoms with Gasteiger partial charge in [0, 0.05) is 23.7 Å². The first-order valence-electron chi connectivity index (χ1n) is 7.14. The summed E-state index contributed by atoms with van der Waals surface area (Å²) in [5.41, 5.74) is 0.891. The van der Waals surface area contributed by atoms with Crippen molar-refractivity contribution in [3.63, 3.8) is 0 Å². The Balaban J connectivity index is 1.86. The van der Waals surface area contributed by atoms with Crippen molar-refractivity contribution in [3.05, 3.63) is 29.0 Å². The molecule has 104 valence electrons. The molecule has 1 spiro atoms. The summed E-state index contributed by atoms with van der Waals surface area (Å²) in [6, 6.07) is 5.00. The lowest BCUT2D eigenvalue weighted by Crippen LogP contribution is -2.49. The smallest absolute Gasteiger partial charge is 0.147 e. The Morgan fingerprint density at radius 1 is 1.21 bits per heavy atom. The number of hydrogen-bond acceptors (Lipinski definition) is 2. The van der Waals surface area contributed by atoms with Crippen molar-refractivity contribution in [2.24, 2.45) is 0 Å². The van der Waals surface area contributed by atoms with Gasteiger partial charge in [-0.3, -0.25) is 0 Å². The fourth-order valence-electron chi connectivity index (χ4n) is 3.45. The summed E-state index contributed by atoms with van der Waals surface area (Å²) >= 11 is 5.84. The largest absolute Gasteiger partial charge is 0.367 e. The van der Waals surface area contributed by atoms with E-state index in [2.05, 4.69) is 10.2 Å². The molecule has 4 heteroatoms. The summed E-state index contributed by atoms with van der Waals surface area (Å²) in [4.78, 5) is 2.19. The Morgan fingerprint density at radius 3 is 2.74 bits per heavy atom. The molecular formula is C15H20ClFN2. The molecule has 2 fully saturated rings. The van der Waals surface area contributed by atoms with E-state index in [1.807, 2.05) is 6.07 Å². The zero-order chi connectivity index (χ0) is 13.3. The first kappa shape index (κ1) is 13.2. The number of benzene rings is 1. The Hall–Kier alpha value is -0.800. The highest BCUT2D eigenvalue weighted by Gasteiger charge is 2.36. The van der Waals surface area contributed by atoms with Crippen molar-refractivity contribution < 1.29 is 4.39 Å². The van der Waals surface area contributed by atoms with Gasteiger partial charge >= 0.3 is 0 Å². The molecule has 0 amide bonds. The molecule has 1 heterocycles. The topological polar surface area (TPSA) is 15.3 Å². The molecule has 1 N–H and O–H groups in total. The maximum absolute atomic E-state index is 14.1. The van der Waals surface area contributed by atoms with Gasteiger partial charge in [0.1, 0.15) is 5.82 Å². The monoisotopic (exact) mass is 282 g/mol. The lowest BCUT2D eigenvalue weighted by molar-refractivity contribution is 0.354. The molecule has 1 saturated heterocycles. The van der Waals surface area contributed by atoms with Crippen LogP contribution in [-0.4, -0.2) is 25.2 Å². The van der Waals surface area contributed by atoms with E-state index in [4.69, 9.17) is 11.6 Å². The molecular weight excluding hydrogens is 263 g/mol. The van der Waals surface area contributed by atoms with Crippen LogP contribution in [0, 0.1) is 5.82 Å². The number of anilines is 1. The second kappa shape index (κ2) is 5.29. The SMILES string of the molecule is Fc1cc(Cl)ccc1N1CCCNC2(CCCC2)C1. The average molecular weight is 283 g/mol. The quantitative estimate of drug-likeness (QED) is 0.847. The van der Waals surface area contributed by atoms with Crippen molar-refractivity contribution in [1.82, 2.24) is 5.32 Å². The van der Waals surface area contributed by atoms with E-state index in [-0.39, 0.29) is 11.4 Å². The third kappa shape index (κ3) is 2.72. The highest BCUT2D eigenvalue weighted by Crippen LogP contribution is 2.34. The first-order valence-corrected chi connectivity index (χ1v) is 7.51. The maximum atomic E-state index is 14.1. The second-order valence-electron chi connectivity index (χ2n) is 5.79. The fourth-order valence-corrected chi connectivity index (χ4v) is 3.61. The van der Waals surface area contributed by atoms with Crippen LogP contribution in [0.3, 0.4) is 0 Å². The van der Waals surface area contributed by atoms with Crippen LogP contribution >= 0.6 is 11.6 Å². The molecule has 3 rings (SSSR count). The van der Waals surface area contributed by atoms with Gasteiger partial charge in [-0.25, -0.2) is 4.39 Å². The van der Waals surface area contributed by atoms with Crippen LogP contribution in [0.4, 0.5) is 10.1 Å². The molecule has 0 unspecified atom stereocenters.